The summed E-state index contributed by atoms with van der Waals surface area (Å²) in [5, 5.41) is 9.76. The molecule has 116 valence electrons. The summed E-state index contributed by atoms with van der Waals surface area (Å²) in [6.07, 6.45) is 0.409. The standard InChI is InChI=1S/C16H11ClFN3O2/c17-11-7-4-8-12(14(11)18)19-15(22)16-21-20-13(23-16)9-10-5-2-1-3-6-10/h1-8H,9H2,(H,19,22). The molecule has 1 amide bonds. The lowest BCUT2D eigenvalue weighted by Gasteiger charge is -2.04. The van der Waals surface area contributed by atoms with Crippen LogP contribution in [0.15, 0.2) is 52.9 Å². The number of halogens is 2. The Hall–Kier alpha value is -2.73. The lowest BCUT2D eigenvalue weighted by molar-refractivity contribution is 0.0988. The van der Waals surface area contributed by atoms with Crippen LogP contribution < -0.4 is 5.32 Å². The van der Waals surface area contributed by atoms with E-state index in [9.17, 15) is 9.18 Å². The highest BCUT2D eigenvalue weighted by Gasteiger charge is 2.17. The zero-order valence-corrected chi connectivity index (χ0v) is 12.5. The molecule has 1 aromatic heterocycles. The predicted octanol–water partition coefficient (Wildman–Crippen LogP) is 3.71. The van der Waals surface area contributed by atoms with Gasteiger partial charge in [0, 0.05) is 0 Å². The molecular weight excluding hydrogens is 321 g/mol. The van der Waals surface area contributed by atoms with Crippen molar-refractivity contribution >= 4 is 23.2 Å². The number of anilines is 1. The van der Waals surface area contributed by atoms with Gasteiger partial charge >= 0.3 is 11.8 Å². The second kappa shape index (κ2) is 6.58. The molecule has 23 heavy (non-hydrogen) atoms. The van der Waals surface area contributed by atoms with Gasteiger partial charge in [0.05, 0.1) is 17.1 Å². The van der Waals surface area contributed by atoms with Crippen LogP contribution in [0.4, 0.5) is 10.1 Å². The zero-order chi connectivity index (χ0) is 16.2. The molecule has 1 heterocycles. The van der Waals surface area contributed by atoms with Gasteiger partial charge in [0.1, 0.15) is 0 Å². The molecule has 0 saturated carbocycles. The molecule has 5 nitrogen and oxygen atoms in total. The number of carbonyl (C=O) groups excluding carboxylic acids is 1. The van der Waals surface area contributed by atoms with Gasteiger partial charge in [-0.3, -0.25) is 4.79 Å². The van der Waals surface area contributed by atoms with E-state index in [0.717, 1.165) is 5.56 Å². The van der Waals surface area contributed by atoms with Crippen LogP contribution in [0.5, 0.6) is 0 Å². The van der Waals surface area contributed by atoms with E-state index >= 15 is 0 Å². The zero-order valence-electron chi connectivity index (χ0n) is 11.8. The lowest BCUT2D eigenvalue weighted by Crippen LogP contribution is -2.13. The molecule has 0 spiro atoms. The van der Waals surface area contributed by atoms with Gasteiger partial charge < -0.3 is 9.73 Å². The Bertz CT molecular complexity index is 836. The van der Waals surface area contributed by atoms with Crippen molar-refractivity contribution in [2.75, 3.05) is 5.32 Å². The molecule has 0 atom stereocenters. The minimum absolute atomic E-state index is 0.0506. The summed E-state index contributed by atoms with van der Waals surface area (Å²) in [5.41, 5.74) is 0.925. The van der Waals surface area contributed by atoms with E-state index in [2.05, 4.69) is 15.5 Å². The van der Waals surface area contributed by atoms with Crippen molar-refractivity contribution in [2.24, 2.45) is 0 Å². The number of nitrogens with one attached hydrogen (secondary N) is 1. The largest absolute Gasteiger partial charge is 0.417 e. The van der Waals surface area contributed by atoms with Crippen molar-refractivity contribution in [1.29, 1.82) is 0 Å². The van der Waals surface area contributed by atoms with Crippen LogP contribution in [-0.2, 0) is 6.42 Å². The Labute approximate surface area is 136 Å². The van der Waals surface area contributed by atoms with Gasteiger partial charge in [0.2, 0.25) is 5.89 Å². The quantitative estimate of drug-likeness (QED) is 0.791. The average Bonchev–Trinajstić information content (AvgIpc) is 3.01. The molecule has 0 aliphatic carbocycles. The molecule has 0 unspecified atom stereocenters. The summed E-state index contributed by atoms with van der Waals surface area (Å²) in [6.45, 7) is 0. The monoisotopic (exact) mass is 331 g/mol. The minimum atomic E-state index is -0.716. The molecule has 0 aliphatic heterocycles. The van der Waals surface area contributed by atoms with Crippen LogP contribution in [0, 0.1) is 5.82 Å². The maximum absolute atomic E-state index is 13.8. The fraction of sp³-hybridized carbons (Fsp3) is 0.0625. The summed E-state index contributed by atoms with van der Waals surface area (Å²) in [5.74, 6) is -1.35. The normalized spacial score (nSPS) is 10.5. The number of rotatable bonds is 4. The van der Waals surface area contributed by atoms with Crippen molar-refractivity contribution < 1.29 is 13.6 Å². The van der Waals surface area contributed by atoms with Crippen molar-refractivity contribution in [2.45, 2.75) is 6.42 Å². The van der Waals surface area contributed by atoms with Crippen molar-refractivity contribution in [1.82, 2.24) is 10.2 Å². The van der Waals surface area contributed by atoms with Crippen LogP contribution >= 0.6 is 11.6 Å². The first-order chi connectivity index (χ1) is 11.1. The van der Waals surface area contributed by atoms with E-state index in [1.165, 1.54) is 18.2 Å². The van der Waals surface area contributed by atoms with Crippen LogP contribution in [0.2, 0.25) is 5.02 Å². The molecule has 3 aromatic rings. The van der Waals surface area contributed by atoms with Gasteiger partial charge in [0.25, 0.3) is 0 Å². The van der Waals surface area contributed by atoms with E-state index in [0.29, 0.717) is 12.3 Å². The summed E-state index contributed by atoms with van der Waals surface area (Å²) >= 11 is 5.66. The van der Waals surface area contributed by atoms with Crippen molar-refractivity contribution in [3.8, 4) is 0 Å². The molecule has 0 radical (unpaired) electrons. The number of amides is 1. The van der Waals surface area contributed by atoms with Gasteiger partial charge in [-0.05, 0) is 17.7 Å². The van der Waals surface area contributed by atoms with E-state index in [-0.39, 0.29) is 16.6 Å². The van der Waals surface area contributed by atoms with Crippen LogP contribution in [0.1, 0.15) is 22.1 Å². The van der Waals surface area contributed by atoms with Crippen LogP contribution in [0.3, 0.4) is 0 Å². The second-order valence-corrected chi connectivity index (χ2v) is 5.13. The summed E-state index contributed by atoms with van der Waals surface area (Å²) in [4.78, 5) is 12.0. The molecule has 0 bridgehead atoms. The second-order valence-electron chi connectivity index (χ2n) is 4.72. The smallest absolute Gasteiger partial charge is 0.313 e. The summed E-state index contributed by atoms with van der Waals surface area (Å²) in [7, 11) is 0. The van der Waals surface area contributed by atoms with E-state index in [4.69, 9.17) is 16.0 Å². The van der Waals surface area contributed by atoms with E-state index in [1.807, 2.05) is 30.3 Å². The fourth-order valence-corrected chi connectivity index (χ4v) is 2.14. The Balaban J connectivity index is 1.72. The van der Waals surface area contributed by atoms with Crippen molar-refractivity contribution in [3.05, 3.63) is 76.7 Å². The fourth-order valence-electron chi connectivity index (χ4n) is 1.96. The highest BCUT2D eigenvalue weighted by Crippen LogP contribution is 2.22. The molecule has 2 aromatic carbocycles. The molecule has 1 N–H and O–H groups in total. The molecular formula is C16H11ClFN3O2. The highest BCUT2D eigenvalue weighted by atomic mass is 35.5. The summed E-state index contributed by atoms with van der Waals surface area (Å²) < 4.78 is 19.1. The molecule has 7 heteroatoms. The first-order valence-electron chi connectivity index (χ1n) is 6.75. The third kappa shape index (κ3) is 3.54. The van der Waals surface area contributed by atoms with Gasteiger partial charge in [-0.25, -0.2) is 4.39 Å². The first kappa shape index (κ1) is 15.2. The maximum Gasteiger partial charge on any atom is 0.313 e. The van der Waals surface area contributed by atoms with Gasteiger partial charge in [-0.1, -0.05) is 48.0 Å². The highest BCUT2D eigenvalue weighted by molar-refractivity contribution is 6.31. The number of carbonyl (C=O) groups is 1. The van der Waals surface area contributed by atoms with Gasteiger partial charge in [0.15, 0.2) is 5.82 Å². The number of hydrogen-bond acceptors (Lipinski definition) is 4. The maximum atomic E-state index is 13.8. The van der Waals surface area contributed by atoms with E-state index in [1.54, 1.807) is 0 Å². The molecule has 0 fully saturated rings. The Morgan fingerprint density at radius 2 is 1.91 bits per heavy atom. The minimum Gasteiger partial charge on any atom is -0.417 e. The average molecular weight is 332 g/mol. The topological polar surface area (TPSA) is 68.0 Å². The number of hydrogen-bond donors (Lipinski definition) is 1. The summed E-state index contributed by atoms with van der Waals surface area (Å²) in [6, 6.07) is 13.8. The number of aromatic nitrogens is 2. The Morgan fingerprint density at radius 3 is 2.70 bits per heavy atom. The van der Waals surface area contributed by atoms with Crippen molar-refractivity contribution in [3.63, 3.8) is 0 Å². The van der Waals surface area contributed by atoms with Crippen LogP contribution in [0.25, 0.3) is 0 Å². The lowest BCUT2D eigenvalue weighted by atomic mass is 10.2. The van der Waals surface area contributed by atoms with E-state index < -0.39 is 11.7 Å². The third-order valence-corrected chi connectivity index (χ3v) is 3.35. The van der Waals surface area contributed by atoms with Crippen LogP contribution in [-0.4, -0.2) is 16.1 Å². The Morgan fingerprint density at radius 1 is 1.13 bits per heavy atom. The molecule has 3 rings (SSSR count). The van der Waals surface area contributed by atoms with Gasteiger partial charge in [-0.15, -0.1) is 10.2 Å². The van der Waals surface area contributed by atoms with Gasteiger partial charge in [-0.2, -0.15) is 0 Å². The number of benzene rings is 2. The number of nitrogens with zero attached hydrogens (tertiary/aromatic N) is 2. The molecule has 0 saturated heterocycles. The predicted molar refractivity (Wildman–Crippen MR) is 82.9 cm³/mol. The Kier molecular flexibility index (Phi) is 4.34. The third-order valence-electron chi connectivity index (χ3n) is 3.06. The first-order valence-corrected chi connectivity index (χ1v) is 7.13. The molecule has 0 aliphatic rings. The SMILES string of the molecule is O=C(Nc1cccc(Cl)c1F)c1nnc(Cc2ccccc2)o1.